The zero-order valence-electron chi connectivity index (χ0n) is 16.8. The summed E-state index contributed by atoms with van der Waals surface area (Å²) in [6.45, 7) is 5.62. The van der Waals surface area contributed by atoms with Crippen molar-refractivity contribution in [1.29, 1.82) is 0 Å². The minimum absolute atomic E-state index is 0.148. The number of hydrogen-bond donors (Lipinski definition) is 1. The molecule has 4 rings (SSSR count). The van der Waals surface area contributed by atoms with E-state index >= 15 is 0 Å². The van der Waals surface area contributed by atoms with E-state index < -0.39 is 0 Å². The Balaban J connectivity index is 1.45. The van der Waals surface area contributed by atoms with Crippen LogP contribution in [-0.4, -0.2) is 48.7 Å². The van der Waals surface area contributed by atoms with Crippen LogP contribution in [0.3, 0.4) is 0 Å². The summed E-state index contributed by atoms with van der Waals surface area (Å²) in [6.07, 6.45) is 5.37. The normalized spacial score (nSPS) is 16.2. The average Bonchev–Trinajstić information content (AvgIpc) is 3.47. The Morgan fingerprint density at radius 3 is 3.00 bits per heavy atom. The van der Waals surface area contributed by atoms with Crippen LogP contribution in [0.25, 0.3) is 5.69 Å². The molecule has 3 heterocycles. The smallest absolute Gasteiger partial charge is 0.234 e. The van der Waals surface area contributed by atoms with Crippen molar-refractivity contribution in [1.82, 2.24) is 24.3 Å². The van der Waals surface area contributed by atoms with Gasteiger partial charge in [-0.05, 0) is 44.9 Å². The molecular weight excluding hydrogens is 424 g/mol. The molecule has 1 aliphatic heterocycles. The van der Waals surface area contributed by atoms with Crippen LogP contribution in [0.1, 0.15) is 24.2 Å². The summed E-state index contributed by atoms with van der Waals surface area (Å²) < 4.78 is 9.52. The number of ether oxygens (including phenoxy) is 1. The zero-order chi connectivity index (χ0) is 21.1. The van der Waals surface area contributed by atoms with Crippen molar-refractivity contribution >= 4 is 35.0 Å². The van der Waals surface area contributed by atoms with Gasteiger partial charge >= 0.3 is 0 Å². The number of amides is 1. The topological polar surface area (TPSA) is 86.9 Å². The number of halogens is 1. The number of benzene rings is 1. The van der Waals surface area contributed by atoms with Crippen LogP contribution in [-0.2, 0) is 16.1 Å². The number of nitrogens with zero attached hydrogens (tertiary/aromatic N) is 5. The van der Waals surface area contributed by atoms with Crippen LogP contribution >= 0.6 is 23.4 Å². The Labute approximate surface area is 184 Å². The molecule has 2 aromatic heterocycles. The number of carbonyl (C=O) groups is 1. The number of imidazole rings is 1. The highest BCUT2D eigenvalue weighted by Crippen LogP contribution is 2.26. The molecule has 3 aromatic rings. The van der Waals surface area contributed by atoms with Crippen LogP contribution in [0.2, 0.25) is 5.02 Å². The SMILES string of the molecule is Cc1nc(SCC(=O)Nc2cc(Cl)ccc2-n2cncn2)n(C[C@@H]2CCCO2)c1C. The monoisotopic (exact) mass is 446 g/mol. The first kappa shape index (κ1) is 20.9. The number of nitrogens with one attached hydrogen (secondary N) is 1. The molecule has 0 unspecified atom stereocenters. The Kier molecular flexibility index (Phi) is 6.40. The Hall–Kier alpha value is -2.36. The third kappa shape index (κ3) is 4.69. The molecule has 1 fully saturated rings. The third-order valence-electron chi connectivity index (χ3n) is 5.06. The lowest BCUT2D eigenvalue weighted by molar-refractivity contribution is -0.113. The van der Waals surface area contributed by atoms with E-state index in [2.05, 4.69) is 31.9 Å². The first-order valence-electron chi connectivity index (χ1n) is 9.74. The van der Waals surface area contributed by atoms with Crippen LogP contribution in [0, 0.1) is 13.8 Å². The van der Waals surface area contributed by atoms with E-state index in [1.807, 2.05) is 6.92 Å². The van der Waals surface area contributed by atoms with Gasteiger partial charge in [0.2, 0.25) is 5.91 Å². The highest BCUT2D eigenvalue weighted by Gasteiger charge is 2.21. The van der Waals surface area contributed by atoms with Gasteiger partial charge in [-0.1, -0.05) is 23.4 Å². The maximum atomic E-state index is 12.7. The molecule has 0 spiro atoms. The van der Waals surface area contributed by atoms with Crippen LogP contribution in [0.4, 0.5) is 5.69 Å². The van der Waals surface area contributed by atoms with Gasteiger partial charge in [0.15, 0.2) is 5.16 Å². The zero-order valence-corrected chi connectivity index (χ0v) is 18.4. The molecule has 1 amide bonds. The summed E-state index contributed by atoms with van der Waals surface area (Å²) in [7, 11) is 0. The molecule has 1 N–H and O–H groups in total. The number of aromatic nitrogens is 5. The molecule has 1 aliphatic rings. The number of carbonyl (C=O) groups excluding carboxylic acids is 1. The average molecular weight is 447 g/mol. The fraction of sp³-hybridized carbons (Fsp3) is 0.400. The van der Waals surface area contributed by atoms with Crippen molar-refractivity contribution in [3.8, 4) is 5.69 Å². The van der Waals surface area contributed by atoms with Gasteiger partial charge in [-0.25, -0.2) is 14.6 Å². The molecular formula is C20H23ClN6O2S. The molecule has 30 heavy (non-hydrogen) atoms. The minimum atomic E-state index is -0.148. The third-order valence-corrected chi connectivity index (χ3v) is 6.28. The predicted octanol–water partition coefficient (Wildman–Crippen LogP) is 3.64. The van der Waals surface area contributed by atoms with E-state index in [-0.39, 0.29) is 17.8 Å². The molecule has 158 valence electrons. The van der Waals surface area contributed by atoms with Gasteiger partial charge in [-0.3, -0.25) is 4.79 Å². The summed E-state index contributed by atoms with van der Waals surface area (Å²) in [5.41, 5.74) is 3.35. The van der Waals surface area contributed by atoms with Crippen molar-refractivity contribution in [2.24, 2.45) is 0 Å². The second-order valence-electron chi connectivity index (χ2n) is 7.15. The lowest BCUT2D eigenvalue weighted by Crippen LogP contribution is -2.18. The Morgan fingerprint density at radius 1 is 1.40 bits per heavy atom. The first-order chi connectivity index (χ1) is 14.5. The maximum absolute atomic E-state index is 12.7. The summed E-state index contributed by atoms with van der Waals surface area (Å²) in [4.78, 5) is 21.3. The summed E-state index contributed by atoms with van der Waals surface area (Å²) in [5.74, 6) is 0.0793. The summed E-state index contributed by atoms with van der Waals surface area (Å²) in [5, 5.41) is 8.42. The van der Waals surface area contributed by atoms with Gasteiger partial charge in [0.25, 0.3) is 0 Å². The van der Waals surface area contributed by atoms with Gasteiger partial charge < -0.3 is 14.6 Å². The molecule has 10 heteroatoms. The summed E-state index contributed by atoms with van der Waals surface area (Å²) >= 11 is 7.55. The quantitative estimate of drug-likeness (QED) is 0.557. The van der Waals surface area contributed by atoms with E-state index in [9.17, 15) is 4.79 Å². The molecule has 0 radical (unpaired) electrons. The lowest BCUT2D eigenvalue weighted by atomic mass is 10.2. The van der Waals surface area contributed by atoms with Crippen molar-refractivity contribution in [2.75, 3.05) is 17.7 Å². The second-order valence-corrected chi connectivity index (χ2v) is 8.53. The minimum Gasteiger partial charge on any atom is -0.376 e. The van der Waals surface area contributed by atoms with Crippen LogP contribution < -0.4 is 5.32 Å². The number of rotatable bonds is 7. The highest BCUT2D eigenvalue weighted by molar-refractivity contribution is 7.99. The van der Waals surface area contributed by atoms with Gasteiger partial charge in [-0.2, -0.15) is 5.10 Å². The van der Waals surface area contributed by atoms with Crippen LogP contribution in [0.15, 0.2) is 36.0 Å². The Morgan fingerprint density at radius 2 is 2.27 bits per heavy atom. The molecule has 1 aromatic carbocycles. The number of aryl methyl sites for hydroxylation is 1. The number of anilines is 1. The van der Waals surface area contributed by atoms with Gasteiger partial charge in [0.1, 0.15) is 12.7 Å². The van der Waals surface area contributed by atoms with Crippen LogP contribution in [0.5, 0.6) is 0 Å². The lowest BCUT2D eigenvalue weighted by Gasteiger charge is -2.15. The number of thioether (sulfide) groups is 1. The van der Waals surface area contributed by atoms with Gasteiger partial charge in [0.05, 0.1) is 35.5 Å². The molecule has 1 saturated heterocycles. The van der Waals surface area contributed by atoms with E-state index in [1.54, 1.807) is 29.2 Å². The van der Waals surface area contributed by atoms with Crippen molar-refractivity contribution < 1.29 is 9.53 Å². The van der Waals surface area contributed by atoms with Crippen molar-refractivity contribution in [3.63, 3.8) is 0 Å². The highest BCUT2D eigenvalue weighted by atomic mass is 35.5. The fourth-order valence-corrected chi connectivity index (χ4v) is 4.47. The molecule has 0 aliphatic carbocycles. The molecule has 0 bridgehead atoms. The Bertz CT molecular complexity index is 1030. The van der Waals surface area contributed by atoms with Crippen molar-refractivity contribution in [3.05, 3.63) is 47.3 Å². The summed E-state index contributed by atoms with van der Waals surface area (Å²) in [6, 6.07) is 5.24. The van der Waals surface area contributed by atoms with E-state index in [0.29, 0.717) is 16.4 Å². The number of hydrogen-bond acceptors (Lipinski definition) is 6. The standard InChI is InChI=1S/C20H23ClN6O2S/c1-13-14(2)26(9-16-4-3-7-29-16)20(24-13)30-10-19(28)25-17-8-15(21)5-6-18(17)27-12-22-11-23-27/h5-6,8,11-12,16H,3-4,7,9-10H2,1-2H3,(H,25,28)/t16-/m0/s1. The van der Waals surface area contributed by atoms with Gasteiger partial charge in [-0.15, -0.1) is 0 Å². The largest absolute Gasteiger partial charge is 0.376 e. The molecule has 0 saturated carbocycles. The first-order valence-corrected chi connectivity index (χ1v) is 11.1. The second kappa shape index (κ2) is 9.20. The van der Waals surface area contributed by atoms with Crippen molar-refractivity contribution in [2.45, 2.75) is 44.5 Å². The van der Waals surface area contributed by atoms with E-state index in [1.165, 1.54) is 18.1 Å². The van der Waals surface area contributed by atoms with E-state index in [4.69, 9.17) is 16.3 Å². The molecule has 8 nitrogen and oxygen atoms in total. The maximum Gasteiger partial charge on any atom is 0.234 e. The predicted molar refractivity (Wildman–Crippen MR) is 116 cm³/mol. The van der Waals surface area contributed by atoms with Gasteiger partial charge in [0, 0.05) is 17.3 Å². The van der Waals surface area contributed by atoms with E-state index in [0.717, 1.165) is 42.5 Å². The fourth-order valence-electron chi connectivity index (χ4n) is 3.40. The molecule has 1 atom stereocenters.